The summed E-state index contributed by atoms with van der Waals surface area (Å²) in [6.07, 6.45) is 3.78. The molecule has 27 heavy (non-hydrogen) atoms. The summed E-state index contributed by atoms with van der Waals surface area (Å²) in [5.41, 5.74) is 1.30. The van der Waals surface area contributed by atoms with Gasteiger partial charge in [-0.3, -0.25) is 4.79 Å². The number of unbranched alkanes of at least 4 members (excludes halogenated alkanes) is 1. The Bertz CT molecular complexity index is 1020. The third-order valence-electron chi connectivity index (χ3n) is 4.02. The third-order valence-corrected chi connectivity index (χ3v) is 5.06. The average molecular weight is 384 g/mol. The van der Waals surface area contributed by atoms with Crippen LogP contribution in [0.5, 0.6) is 5.75 Å². The Morgan fingerprint density at radius 1 is 1.30 bits per heavy atom. The van der Waals surface area contributed by atoms with Gasteiger partial charge < -0.3 is 9.30 Å². The Labute approximate surface area is 161 Å². The minimum atomic E-state index is -0.347. The molecule has 2 aromatic carbocycles. The number of rotatable bonds is 7. The second kappa shape index (κ2) is 8.77. The number of carbonyl (C=O) groups is 1. The second-order valence-corrected chi connectivity index (χ2v) is 7.05. The van der Waals surface area contributed by atoms with Crippen LogP contribution in [0.1, 0.15) is 30.1 Å². The van der Waals surface area contributed by atoms with Crippen LogP contribution in [0, 0.1) is 5.82 Å². The molecule has 0 bridgehead atoms. The summed E-state index contributed by atoms with van der Waals surface area (Å²) >= 11 is 1.28. The minimum Gasteiger partial charge on any atom is -0.494 e. The lowest BCUT2D eigenvalue weighted by Crippen LogP contribution is -2.16. The minimum absolute atomic E-state index is 0.314. The summed E-state index contributed by atoms with van der Waals surface area (Å²) in [5.74, 6) is 0.0741. The molecule has 1 amide bonds. The molecule has 0 aliphatic carbocycles. The maximum atomic E-state index is 13.5. The molecule has 3 aromatic rings. The predicted octanol–water partition coefficient (Wildman–Crippen LogP) is 4.95. The van der Waals surface area contributed by atoms with E-state index in [1.54, 1.807) is 36.4 Å². The van der Waals surface area contributed by atoms with E-state index >= 15 is 0 Å². The van der Waals surface area contributed by atoms with E-state index in [2.05, 4.69) is 18.5 Å². The van der Waals surface area contributed by atoms with Gasteiger partial charge in [-0.25, -0.2) is 4.39 Å². The number of nitrogens with zero attached hydrogens (tertiary/aromatic N) is 2. The summed E-state index contributed by atoms with van der Waals surface area (Å²) in [5, 5.41) is 0. The van der Waals surface area contributed by atoms with Crippen LogP contribution in [0.4, 0.5) is 4.39 Å². The van der Waals surface area contributed by atoms with Gasteiger partial charge in [0, 0.05) is 12.1 Å². The van der Waals surface area contributed by atoms with Crippen LogP contribution in [0.15, 0.2) is 60.1 Å². The van der Waals surface area contributed by atoms with E-state index in [1.807, 2.05) is 4.57 Å². The van der Waals surface area contributed by atoms with Crippen molar-refractivity contribution in [1.82, 2.24) is 4.57 Å². The fourth-order valence-corrected chi connectivity index (χ4v) is 3.68. The highest BCUT2D eigenvalue weighted by Crippen LogP contribution is 2.19. The van der Waals surface area contributed by atoms with E-state index in [0.29, 0.717) is 23.5 Å². The van der Waals surface area contributed by atoms with Crippen molar-refractivity contribution in [2.24, 2.45) is 4.99 Å². The lowest BCUT2D eigenvalue weighted by Gasteiger charge is -2.05. The largest absolute Gasteiger partial charge is 0.494 e. The normalized spacial score (nSPS) is 11.7. The molecule has 3 rings (SSSR count). The van der Waals surface area contributed by atoms with Gasteiger partial charge >= 0.3 is 0 Å². The highest BCUT2D eigenvalue weighted by atomic mass is 32.1. The van der Waals surface area contributed by atoms with Crippen molar-refractivity contribution in [2.75, 3.05) is 6.61 Å². The number of hydrogen-bond acceptors (Lipinski definition) is 3. The van der Waals surface area contributed by atoms with Gasteiger partial charge in [-0.05, 0) is 48.9 Å². The SMILES string of the molecule is C=CCn1c(=NC(=O)c2ccc(OCCCC)cc2)sc2cc(F)ccc21. The monoisotopic (exact) mass is 384 g/mol. The Balaban J connectivity index is 1.90. The van der Waals surface area contributed by atoms with Crippen LogP contribution in [0.25, 0.3) is 10.2 Å². The van der Waals surface area contributed by atoms with E-state index in [-0.39, 0.29) is 11.7 Å². The number of thiazole rings is 1. The smallest absolute Gasteiger partial charge is 0.279 e. The lowest BCUT2D eigenvalue weighted by atomic mass is 10.2. The standard InChI is InChI=1S/C21H21FN2O2S/c1-3-5-13-26-17-9-6-15(7-10-17)20(25)23-21-24(12-4-2)18-11-8-16(22)14-19(18)27-21/h4,6-11,14H,2-3,5,12-13H2,1H3. The zero-order chi connectivity index (χ0) is 19.2. The van der Waals surface area contributed by atoms with Gasteiger partial charge in [0.2, 0.25) is 0 Å². The summed E-state index contributed by atoms with van der Waals surface area (Å²) in [6.45, 7) is 7.00. The number of carbonyl (C=O) groups excluding carboxylic acids is 1. The van der Waals surface area contributed by atoms with Crippen molar-refractivity contribution in [3.05, 3.63) is 71.3 Å². The molecule has 0 unspecified atom stereocenters. The molecule has 0 atom stereocenters. The zero-order valence-electron chi connectivity index (χ0n) is 15.2. The van der Waals surface area contributed by atoms with Crippen molar-refractivity contribution in [1.29, 1.82) is 0 Å². The zero-order valence-corrected chi connectivity index (χ0v) is 16.0. The van der Waals surface area contributed by atoms with E-state index < -0.39 is 0 Å². The van der Waals surface area contributed by atoms with Crippen molar-refractivity contribution in [2.45, 2.75) is 26.3 Å². The summed E-state index contributed by atoms with van der Waals surface area (Å²) in [7, 11) is 0. The second-order valence-electron chi connectivity index (χ2n) is 6.04. The first-order valence-corrected chi connectivity index (χ1v) is 9.65. The molecular formula is C21H21FN2O2S. The van der Waals surface area contributed by atoms with Crippen molar-refractivity contribution in [3.63, 3.8) is 0 Å². The molecule has 0 aliphatic heterocycles. The lowest BCUT2D eigenvalue weighted by molar-refractivity contribution is 0.0998. The first-order valence-electron chi connectivity index (χ1n) is 8.84. The van der Waals surface area contributed by atoms with Crippen molar-refractivity contribution >= 4 is 27.5 Å². The third kappa shape index (κ3) is 4.52. The van der Waals surface area contributed by atoms with E-state index in [0.717, 1.165) is 28.8 Å². The van der Waals surface area contributed by atoms with Gasteiger partial charge in [0.1, 0.15) is 11.6 Å². The van der Waals surface area contributed by atoms with Crippen LogP contribution in [0.3, 0.4) is 0 Å². The number of hydrogen-bond donors (Lipinski definition) is 0. The molecule has 140 valence electrons. The first-order chi connectivity index (χ1) is 13.1. The number of fused-ring (bicyclic) bond motifs is 1. The van der Waals surface area contributed by atoms with Crippen molar-refractivity contribution in [3.8, 4) is 5.75 Å². The molecule has 0 aliphatic rings. The van der Waals surface area contributed by atoms with Crippen LogP contribution >= 0.6 is 11.3 Å². The molecule has 0 N–H and O–H groups in total. The average Bonchev–Trinajstić information content (AvgIpc) is 2.99. The van der Waals surface area contributed by atoms with E-state index in [9.17, 15) is 9.18 Å². The number of ether oxygens (including phenoxy) is 1. The Morgan fingerprint density at radius 3 is 2.78 bits per heavy atom. The van der Waals surface area contributed by atoms with Crippen molar-refractivity contribution < 1.29 is 13.9 Å². The fourth-order valence-electron chi connectivity index (χ4n) is 2.62. The molecule has 1 aromatic heterocycles. The van der Waals surface area contributed by atoms with Crippen LogP contribution in [-0.4, -0.2) is 17.1 Å². The van der Waals surface area contributed by atoms with Gasteiger partial charge in [-0.1, -0.05) is 30.8 Å². The number of benzene rings is 2. The van der Waals surface area contributed by atoms with E-state index in [4.69, 9.17) is 4.74 Å². The predicted molar refractivity (Wildman–Crippen MR) is 107 cm³/mol. The topological polar surface area (TPSA) is 43.6 Å². The number of aromatic nitrogens is 1. The van der Waals surface area contributed by atoms with Gasteiger partial charge in [-0.2, -0.15) is 4.99 Å². The summed E-state index contributed by atoms with van der Waals surface area (Å²) < 4.78 is 21.7. The van der Waals surface area contributed by atoms with Gasteiger partial charge in [-0.15, -0.1) is 6.58 Å². The molecule has 4 nitrogen and oxygen atoms in total. The maximum Gasteiger partial charge on any atom is 0.279 e. The van der Waals surface area contributed by atoms with Crippen LogP contribution < -0.4 is 9.54 Å². The Kier molecular flexibility index (Phi) is 6.19. The fraction of sp³-hybridized carbons (Fsp3) is 0.238. The highest BCUT2D eigenvalue weighted by Gasteiger charge is 2.09. The maximum absolute atomic E-state index is 13.5. The molecule has 0 saturated carbocycles. The number of allylic oxidation sites excluding steroid dienone is 1. The molecule has 0 spiro atoms. The molecule has 0 radical (unpaired) electrons. The number of amides is 1. The summed E-state index contributed by atoms with van der Waals surface area (Å²) in [4.78, 5) is 17.3. The molecular weight excluding hydrogens is 363 g/mol. The Morgan fingerprint density at radius 2 is 2.07 bits per heavy atom. The van der Waals surface area contributed by atoms with Crippen LogP contribution in [0.2, 0.25) is 0 Å². The van der Waals surface area contributed by atoms with Gasteiger partial charge in [0.15, 0.2) is 4.80 Å². The van der Waals surface area contributed by atoms with Gasteiger partial charge in [0.25, 0.3) is 5.91 Å². The Hall–Kier alpha value is -2.73. The first kappa shape index (κ1) is 19.0. The molecule has 0 fully saturated rings. The highest BCUT2D eigenvalue weighted by molar-refractivity contribution is 7.16. The molecule has 1 heterocycles. The van der Waals surface area contributed by atoms with Crippen LogP contribution in [-0.2, 0) is 6.54 Å². The quantitative estimate of drug-likeness (QED) is 0.427. The molecule has 6 heteroatoms. The van der Waals surface area contributed by atoms with Gasteiger partial charge in [0.05, 0.1) is 16.8 Å². The van der Waals surface area contributed by atoms with E-state index in [1.165, 1.54) is 23.5 Å². The number of halogens is 1. The summed E-state index contributed by atoms with van der Waals surface area (Å²) in [6, 6.07) is 11.5. The molecule has 0 saturated heterocycles.